The minimum atomic E-state index is -0.933. The van der Waals surface area contributed by atoms with E-state index in [-0.39, 0.29) is 12.3 Å². The van der Waals surface area contributed by atoms with Crippen molar-refractivity contribution < 1.29 is 9.90 Å². The highest BCUT2D eigenvalue weighted by atomic mass is 16.4. The molecular weight excluding hydrogens is 160 g/mol. The molecule has 0 aromatic rings. The summed E-state index contributed by atoms with van der Waals surface area (Å²) in [6, 6.07) is -0.716. The Bertz CT molecular complexity index is 110. The summed E-state index contributed by atoms with van der Waals surface area (Å²) in [4.78, 5) is 10.1. The first-order valence-electron chi connectivity index (χ1n) is 3.37. The van der Waals surface area contributed by atoms with Crippen LogP contribution in [0.1, 0.15) is 19.3 Å². The van der Waals surface area contributed by atoms with Gasteiger partial charge in [-0.2, -0.15) is 0 Å². The molecule has 6 nitrogen and oxygen atoms in total. The molecule has 0 bridgehead atoms. The van der Waals surface area contributed by atoms with Crippen LogP contribution in [-0.2, 0) is 4.79 Å². The van der Waals surface area contributed by atoms with Crippen molar-refractivity contribution in [2.24, 2.45) is 11.5 Å². The number of hydrogen-bond acceptors (Lipinski definition) is 5. The molecule has 12 heavy (non-hydrogen) atoms. The van der Waals surface area contributed by atoms with Crippen LogP contribution in [0.25, 0.3) is 0 Å². The zero-order valence-electron chi connectivity index (χ0n) is 7.33. The van der Waals surface area contributed by atoms with Gasteiger partial charge in [-0.1, -0.05) is 6.42 Å². The summed E-state index contributed by atoms with van der Waals surface area (Å²) < 4.78 is 0. The van der Waals surface area contributed by atoms with Gasteiger partial charge in [0, 0.05) is 0 Å². The molecule has 0 aromatic heterocycles. The van der Waals surface area contributed by atoms with E-state index >= 15 is 0 Å². The number of carboxylic acids is 1. The zero-order valence-corrected chi connectivity index (χ0v) is 7.33. The van der Waals surface area contributed by atoms with Crippen molar-refractivity contribution >= 4 is 5.97 Å². The van der Waals surface area contributed by atoms with Crippen molar-refractivity contribution in [3.63, 3.8) is 0 Å². The van der Waals surface area contributed by atoms with Gasteiger partial charge in [-0.05, 0) is 19.4 Å². The molecule has 0 aliphatic heterocycles. The number of aliphatic carboxylic acids is 1. The summed E-state index contributed by atoms with van der Waals surface area (Å²) in [5.74, 6) is -0.933. The third kappa shape index (κ3) is 9.31. The fraction of sp³-hybridized carbons (Fsp3) is 0.833. The maximum Gasteiger partial charge on any atom is 0.320 e. The van der Waals surface area contributed by atoms with Gasteiger partial charge in [0.2, 0.25) is 0 Å². The Morgan fingerprint density at radius 3 is 2.17 bits per heavy atom. The SMILES string of the molecule is N.N.NCCCCC(N)C(=O)O. The summed E-state index contributed by atoms with van der Waals surface area (Å²) >= 11 is 0. The van der Waals surface area contributed by atoms with E-state index in [1.165, 1.54) is 0 Å². The van der Waals surface area contributed by atoms with E-state index < -0.39 is 12.0 Å². The lowest BCUT2D eigenvalue weighted by Crippen LogP contribution is -2.29. The highest BCUT2D eigenvalue weighted by Gasteiger charge is 2.09. The molecule has 1 unspecified atom stereocenters. The Morgan fingerprint density at radius 2 is 1.83 bits per heavy atom. The number of hydrogen-bond donors (Lipinski definition) is 5. The Hall–Kier alpha value is -0.690. The lowest BCUT2D eigenvalue weighted by atomic mass is 10.1. The molecule has 0 amide bonds. The quantitative estimate of drug-likeness (QED) is 0.370. The second kappa shape index (κ2) is 10.3. The Balaban J connectivity index is -0.000000405. The standard InChI is InChI=1S/C6H14N2O2.2H3N/c7-4-2-1-3-5(8)6(9)10;;/h5H,1-4,7-8H2,(H,9,10);2*1H3. The van der Waals surface area contributed by atoms with Crippen LogP contribution in [0.5, 0.6) is 0 Å². The molecule has 0 saturated carbocycles. The molecule has 0 aromatic carbocycles. The van der Waals surface area contributed by atoms with Gasteiger partial charge in [-0.25, -0.2) is 0 Å². The van der Waals surface area contributed by atoms with Crippen molar-refractivity contribution in [1.82, 2.24) is 12.3 Å². The minimum absolute atomic E-state index is 0. The van der Waals surface area contributed by atoms with Gasteiger partial charge >= 0.3 is 5.97 Å². The first-order chi connectivity index (χ1) is 4.68. The molecule has 0 spiro atoms. The van der Waals surface area contributed by atoms with Gasteiger partial charge in [0.15, 0.2) is 0 Å². The third-order valence-electron chi connectivity index (χ3n) is 1.29. The average molecular weight is 180 g/mol. The number of rotatable bonds is 5. The van der Waals surface area contributed by atoms with Crippen molar-refractivity contribution in [3.05, 3.63) is 0 Å². The van der Waals surface area contributed by atoms with E-state index in [0.29, 0.717) is 13.0 Å². The Morgan fingerprint density at radius 1 is 1.33 bits per heavy atom. The Labute approximate surface area is 72.5 Å². The molecule has 0 fully saturated rings. The second-order valence-corrected chi connectivity index (χ2v) is 2.23. The Kier molecular flexibility index (Phi) is 15.0. The molecule has 0 aliphatic rings. The summed E-state index contributed by atoms with van der Waals surface area (Å²) in [6.45, 7) is 0.604. The van der Waals surface area contributed by atoms with Crippen molar-refractivity contribution in [2.75, 3.05) is 6.54 Å². The van der Waals surface area contributed by atoms with E-state index in [1.807, 2.05) is 0 Å². The van der Waals surface area contributed by atoms with Gasteiger partial charge in [0.05, 0.1) is 0 Å². The normalized spacial score (nSPS) is 10.8. The smallest absolute Gasteiger partial charge is 0.320 e. The summed E-state index contributed by atoms with van der Waals surface area (Å²) in [7, 11) is 0. The number of unbranched alkanes of at least 4 members (excludes halogenated alkanes) is 1. The highest BCUT2D eigenvalue weighted by molar-refractivity contribution is 5.72. The van der Waals surface area contributed by atoms with Gasteiger partial charge in [-0.3, -0.25) is 4.79 Å². The van der Waals surface area contributed by atoms with Crippen LogP contribution < -0.4 is 23.8 Å². The van der Waals surface area contributed by atoms with E-state index in [9.17, 15) is 4.79 Å². The maximum absolute atomic E-state index is 10.1. The molecule has 11 N–H and O–H groups in total. The average Bonchev–Trinajstić information content (AvgIpc) is 1.88. The number of carboxylic acid groups (broad SMARTS) is 1. The van der Waals surface area contributed by atoms with E-state index in [0.717, 1.165) is 12.8 Å². The monoisotopic (exact) mass is 180 g/mol. The zero-order chi connectivity index (χ0) is 7.98. The van der Waals surface area contributed by atoms with E-state index in [2.05, 4.69) is 0 Å². The van der Waals surface area contributed by atoms with Crippen LogP contribution in [0.4, 0.5) is 0 Å². The van der Waals surface area contributed by atoms with Gasteiger partial charge in [0.1, 0.15) is 6.04 Å². The van der Waals surface area contributed by atoms with Crippen LogP contribution in [0.15, 0.2) is 0 Å². The fourth-order valence-corrected chi connectivity index (χ4v) is 0.632. The predicted molar refractivity (Wildman–Crippen MR) is 48.6 cm³/mol. The van der Waals surface area contributed by atoms with Crippen molar-refractivity contribution in [1.29, 1.82) is 0 Å². The van der Waals surface area contributed by atoms with Crippen LogP contribution in [0.2, 0.25) is 0 Å². The topological polar surface area (TPSA) is 159 Å². The molecule has 0 rings (SSSR count). The summed E-state index contributed by atoms with van der Waals surface area (Å²) in [6.07, 6.45) is 2.16. The lowest BCUT2D eigenvalue weighted by Gasteiger charge is -2.03. The molecule has 6 heteroatoms. The molecule has 0 radical (unpaired) electrons. The third-order valence-corrected chi connectivity index (χ3v) is 1.29. The van der Waals surface area contributed by atoms with Crippen LogP contribution >= 0.6 is 0 Å². The van der Waals surface area contributed by atoms with Gasteiger partial charge < -0.3 is 28.9 Å². The number of carbonyl (C=O) groups is 1. The summed E-state index contributed by atoms with van der Waals surface area (Å²) in [5, 5.41) is 8.33. The largest absolute Gasteiger partial charge is 0.480 e. The molecule has 76 valence electrons. The fourth-order valence-electron chi connectivity index (χ4n) is 0.632. The number of nitrogens with two attached hydrogens (primary N) is 2. The van der Waals surface area contributed by atoms with E-state index in [1.54, 1.807) is 0 Å². The van der Waals surface area contributed by atoms with Crippen LogP contribution in [0, 0.1) is 0 Å². The molecule has 0 heterocycles. The summed E-state index contributed by atoms with van der Waals surface area (Å²) in [5.41, 5.74) is 10.4. The molecular formula is C6H20N4O2. The van der Waals surface area contributed by atoms with Crippen molar-refractivity contribution in [3.8, 4) is 0 Å². The first-order valence-corrected chi connectivity index (χ1v) is 3.37. The van der Waals surface area contributed by atoms with Gasteiger partial charge in [0.25, 0.3) is 0 Å². The van der Waals surface area contributed by atoms with Crippen LogP contribution in [-0.4, -0.2) is 23.7 Å². The maximum atomic E-state index is 10.1. The predicted octanol–water partition coefficient (Wildman–Crippen LogP) is -0.149. The lowest BCUT2D eigenvalue weighted by molar-refractivity contribution is -0.138. The highest BCUT2D eigenvalue weighted by Crippen LogP contribution is 1.96. The van der Waals surface area contributed by atoms with Gasteiger partial charge in [-0.15, -0.1) is 0 Å². The second-order valence-electron chi connectivity index (χ2n) is 2.23. The molecule has 1 atom stereocenters. The molecule has 0 aliphatic carbocycles. The first kappa shape index (κ1) is 17.4. The molecule has 0 saturated heterocycles. The van der Waals surface area contributed by atoms with Crippen LogP contribution in [0.3, 0.4) is 0 Å². The minimum Gasteiger partial charge on any atom is -0.480 e. The van der Waals surface area contributed by atoms with E-state index in [4.69, 9.17) is 16.6 Å². The van der Waals surface area contributed by atoms with Crippen molar-refractivity contribution in [2.45, 2.75) is 25.3 Å².